The maximum Gasteiger partial charge on any atom is 0.407 e. The number of ether oxygens (including phenoxy) is 3. The lowest BCUT2D eigenvalue weighted by atomic mass is 9.97. The standard InChI is InChI=1S/C27H47NO11S2Si/c1-26(2,3)42(8,9)39-21(16-13-17-35-40(6,30)31)23(28-25(29)34-18-20-14-11-10-12-15-20)24-22(19-36-41(7,32)33)37-27(4,5)38-24/h10-12,14-15,21-24H,13,16-19H2,1-9H3,(H,28,29)/t21-,22-,23-,24-/m1/s1. The molecule has 1 aliphatic rings. The van der Waals surface area contributed by atoms with Crippen LogP contribution in [0, 0.1) is 0 Å². The zero-order valence-electron chi connectivity index (χ0n) is 26.0. The van der Waals surface area contributed by atoms with Crippen LogP contribution in [0.4, 0.5) is 4.79 Å². The van der Waals surface area contributed by atoms with E-state index >= 15 is 0 Å². The van der Waals surface area contributed by atoms with Gasteiger partial charge in [-0.05, 0) is 50.4 Å². The third kappa shape index (κ3) is 12.6. The predicted molar refractivity (Wildman–Crippen MR) is 160 cm³/mol. The molecule has 0 aliphatic carbocycles. The van der Waals surface area contributed by atoms with Crippen LogP contribution in [0.1, 0.15) is 53.0 Å². The van der Waals surface area contributed by atoms with E-state index in [-0.39, 0.29) is 37.7 Å². The van der Waals surface area contributed by atoms with Crippen LogP contribution in [0.15, 0.2) is 30.3 Å². The highest BCUT2D eigenvalue weighted by molar-refractivity contribution is 7.86. The molecule has 1 amide bonds. The normalized spacial score (nSPS) is 21.1. The number of carbonyl (C=O) groups is 1. The summed E-state index contributed by atoms with van der Waals surface area (Å²) in [6.45, 7) is 13.2. The number of nitrogens with one attached hydrogen (secondary N) is 1. The highest BCUT2D eigenvalue weighted by atomic mass is 32.2. The molecule has 1 aliphatic heterocycles. The van der Waals surface area contributed by atoms with Gasteiger partial charge >= 0.3 is 6.09 Å². The fourth-order valence-electron chi connectivity index (χ4n) is 4.14. The van der Waals surface area contributed by atoms with Crippen molar-refractivity contribution in [1.82, 2.24) is 5.32 Å². The van der Waals surface area contributed by atoms with Gasteiger partial charge in [0.25, 0.3) is 20.2 Å². The predicted octanol–water partition coefficient (Wildman–Crippen LogP) is 3.92. The summed E-state index contributed by atoms with van der Waals surface area (Å²) in [6, 6.07) is 8.28. The third-order valence-electron chi connectivity index (χ3n) is 7.10. The van der Waals surface area contributed by atoms with Crippen molar-refractivity contribution in [2.24, 2.45) is 0 Å². The number of hydrogen-bond donors (Lipinski definition) is 1. The van der Waals surface area contributed by atoms with Gasteiger partial charge in [0, 0.05) is 0 Å². The van der Waals surface area contributed by atoms with Gasteiger partial charge in [0.15, 0.2) is 14.1 Å². The molecule has 0 radical (unpaired) electrons. The van der Waals surface area contributed by atoms with Crippen LogP contribution in [-0.4, -0.2) is 87.1 Å². The van der Waals surface area contributed by atoms with Crippen LogP contribution >= 0.6 is 0 Å². The minimum absolute atomic E-state index is 0.0173. The maximum absolute atomic E-state index is 13.2. The van der Waals surface area contributed by atoms with E-state index in [0.717, 1.165) is 18.1 Å². The molecule has 1 heterocycles. The monoisotopic (exact) mass is 653 g/mol. The third-order valence-corrected chi connectivity index (χ3v) is 12.8. The number of carbonyl (C=O) groups excluding carboxylic acids is 1. The van der Waals surface area contributed by atoms with Crippen molar-refractivity contribution in [2.45, 2.75) is 102 Å². The van der Waals surface area contributed by atoms with E-state index < -0.39 is 64.8 Å². The Morgan fingerprint density at radius 1 is 1.02 bits per heavy atom. The molecule has 1 aromatic rings. The summed E-state index contributed by atoms with van der Waals surface area (Å²) in [6.07, 6.45) is -0.773. The van der Waals surface area contributed by atoms with Crippen molar-refractivity contribution in [2.75, 3.05) is 25.7 Å². The van der Waals surface area contributed by atoms with Crippen molar-refractivity contribution < 1.29 is 48.6 Å². The zero-order valence-corrected chi connectivity index (χ0v) is 28.7. The minimum Gasteiger partial charge on any atom is -0.445 e. The molecule has 0 spiro atoms. The second kappa shape index (κ2) is 14.5. The fourth-order valence-corrected chi connectivity index (χ4v) is 6.31. The number of alkyl carbamates (subject to hydrolysis) is 1. The molecule has 1 fully saturated rings. The first-order chi connectivity index (χ1) is 19.1. The lowest BCUT2D eigenvalue weighted by Gasteiger charge is -2.43. The number of benzene rings is 1. The summed E-state index contributed by atoms with van der Waals surface area (Å²) in [7, 11) is -9.94. The first-order valence-corrected chi connectivity index (χ1v) is 20.3. The molecule has 0 bridgehead atoms. The highest BCUT2D eigenvalue weighted by Crippen LogP contribution is 2.40. The Morgan fingerprint density at radius 2 is 1.62 bits per heavy atom. The number of amides is 1. The van der Waals surface area contributed by atoms with Crippen molar-refractivity contribution in [1.29, 1.82) is 0 Å². The summed E-state index contributed by atoms with van der Waals surface area (Å²) in [5, 5.41) is 2.68. The lowest BCUT2D eigenvalue weighted by Crippen LogP contribution is -2.59. The maximum atomic E-state index is 13.2. The minimum atomic E-state index is -3.81. The molecule has 0 saturated carbocycles. The van der Waals surface area contributed by atoms with Gasteiger partial charge in [-0.25, -0.2) is 4.79 Å². The fraction of sp³-hybridized carbons (Fsp3) is 0.741. The Labute approximate surface area is 252 Å². The number of rotatable bonds is 15. The second-order valence-corrected chi connectivity index (χ2v) is 20.5. The van der Waals surface area contributed by atoms with Crippen LogP contribution in [-0.2, 0) is 53.8 Å². The molecular formula is C27H47NO11S2Si. The summed E-state index contributed by atoms with van der Waals surface area (Å²) >= 11 is 0. The Bertz CT molecular complexity index is 1230. The Kier molecular flexibility index (Phi) is 12.6. The van der Waals surface area contributed by atoms with Crippen LogP contribution in [0.3, 0.4) is 0 Å². The molecule has 1 saturated heterocycles. The number of hydrogen-bond acceptors (Lipinski definition) is 11. The van der Waals surface area contributed by atoms with Gasteiger partial charge < -0.3 is 24.0 Å². The van der Waals surface area contributed by atoms with E-state index in [0.29, 0.717) is 0 Å². The van der Waals surface area contributed by atoms with E-state index in [4.69, 9.17) is 27.0 Å². The van der Waals surface area contributed by atoms with Crippen LogP contribution in [0.2, 0.25) is 18.1 Å². The highest BCUT2D eigenvalue weighted by Gasteiger charge is 2.50. The van der Waals surface area contributed by atoms with Crippen molar-refractivity contribution >= 4 is 34.6 Å². The molecule has 0 unspecified atom stereocenters. The van der Waals surface area contributed by atoms with Crippen molar-refractivity contribution in [3.05, 3.63) is 35.9 Å². The lowest BCUT2D eigenvalue weighted by molar-refractivity contribution is -0.152. The molecule has 4 atom stereocenters. The molecule has 0 aromatic heterocycles. The van der Waals surface area contributed by atoms with Gasteiger partial charge in [0.2, 0.25) is 0 Å². The average Bonchev–Trinajstić information content (AvgIpc) is 3.15. The average molecular weight is 654 g/mol. The summed E-state index contributed by atoms with van der Waals surface area (Å²) in [4.78, 5) is 13.2. The van der Waals surface area contributed by atoms with Gasteiger partial charge in [0.05, 0.1) is 37.9 Å². The largest absolute Gasteiger partial charge is 0.445 e. The quantitative estimate of drug-likeness (QED) is 0.166. The van der Waals surface area contributed by atoms with Gasteiger partial charge in [-0.3, -0.25) is 8.37 Å². The molecule has 2 rings (SSSR count). The summed E-state index contributed by atoms with van der Waals surface area (Å²) in [5.74, 6) is -1.13. The topological polar surface area (TPSA) is 153 Å². The van der Waals surface area contributed by atoms with E-state index in [1.165, 1.54) is 0 Å². The Balaban J connectivity index is 2.44. The van der Waals surface area contributed by atoms with E-state index in [1.807, 2.05) is 30.3 Å². The molecule has 1 N–H and O–H groups in total. The van der Waals surface area contributed by atoms with E-state index in [2.05, 4.69) is 39.2 Å². The molecule has 15 heteroatoms. The zero-order chi connectivity index (χ0) is 32.0. The van der Waals surface area contributed by atoms with Gasteiger partial charge in [-0.1, -0.05) is 51.1 Å². The van der Waals surface area contributed by atoms with Gasteiger partial charge in [-0.15, -0.1) is 0 Å². The van der Waals surface area contributed by atoms with Crippen LogP contribution in [0.5, 0.6) is 0 Å². The van der Waals surface area contributed by atoms with Crippen molar-refractivity contribution in [3.8, 4) is 0 Å². The molecular weight excluding hydrogens is 607 g/mol. The smallest absolute Gasteiger partial charge is 0.407 e. The molecule has 42 heavy (non-hydrogen) atoms. The van der Waals surface area contributed by atoms with Gasteiger partial charge in [-0.2, -0.15) is 16.8 Å². The molecule has 242 valence electrons. The van der Waals surface area contributed by atoms with Crippen LogP contribution in [0.25, 0.3) is 0 Å². The van der Waals surface area contributed by atoms with Gasteiger partial charge in [0.1, 0.15) is 18.8 Å². The molecule has 12 nitrogen and oxygen atoms in total. The van der Waals surface area contributed by atoms with Crippen LogP contribution < -0.4 is 5.32 Å². The van der Waals surface area contributed by atoms with E-state index in [9.17, 15) is 21.6 Å². The Hall–Kier alpha value is -1.59. The first-order valence-electron chi connectivity index (χ1n) is 13.8. The molecule has 1 aromatic carbocycles. The first kappa shape index (κ1) is 36.6. The second-order valence-electron chi connectivity index (χ2n) is 12.4. The van der Waals surface area contributed by atoms with E-state index in [1.54, 1.807) is 13.8 Å². The Morgan fingerprint density at radius 3 is 2.17 bits per heavy atom. The summed E-state index contributed by atoms with van der Waals surface area (Å²) < 4.78 is 81.4. The van der Waals surface area contributed by atoms with Crippen molar-refractivity contribution in [3.63, 3.8) is 0 Å². The summed E-state index contributed by atoms with van der Waals surface area (Å²) in [5.41, 5.74) is 0.789. The SMILES string of the molecule is CC1(C)O[C@@H]([C@H](NC(=O)OCc2ccccc2)[C@@H](CCCOS(C)(=O)=O)O[Si](C)(C)C(C)(C)C)[C@@H](COS(C)(=O)=O)O1.